The van der Waals surface area contributed by atoms with Gasteiger partial charge < -0.3 is 4.74 Å². The van der Waals surface area contributed by atoms with Crippen LogP contribution in [0.4, 0.5) is 0 Å². The first-order valence-electron chi connectivity index (χ1n) is 7.32. The number of hydrogen-bond acceptors (Lipinski definition) is 5. The Hall–Kier alpha value is -1.95. The van der Waals surface area contributed by atoms with Gasteiger partial charge in [-0.1, -0.05) is 24.6 Å². The highest BCUT2D eigenvalue weighted by Gasteiger charge is 2.08. The van der Waals surface area contributed by atoms with E-state index in [9.17, 15) is 0 Å². The smallest absolute Gasteiger partial charge is 0.165 e. The number of likely N-dealkylation sites (N-methyl/N-ethyl adjacent to an activating group) is 1. The fraction of sp³-hybridized carbons (Fsp3) is 0.533. The molecule has 1 heterocycles. The van der Waals surface area contributed by atoms with E-state index in [1.807, 2.05) is 23.9 Å². The minimum Gasteiger partial charge on any atom is -0.492 e. The molecule has 6 nitrogen and oxygen atoms in total. The average Bonchev–Trinajstić information content (AvgIpc) is 2.89. The summed E-state index contributed by atoms with van der Waals surface area (Å²) in [5.41, 5.74) is 1.24. The van der Waals surface area contributed by atoms with E-state index >= 15 is 0 Å². The van der Waals surface area contributed by atoms with Crippen LogP contribution in [0.1, 0.15) is 24.7 Å². The molecule has 0 atom stereocenters. The SMILES string of the molecule is CCCn1nnnc1CN(C)CCOc1ccc(C)cc1. The molecular formula is C15H23N5O. The van der Waals surface area contributed by atoms with Gasteiger partial charge in [-0.25, -0.2) is 4.68 Å². The summed E-state index contributed by atoms with van der Waals surface area (Å²) in [4.78, 5) is 2.16. The minimum absolute atomic E-state index is 0.648. The van der Waals surface area contributed by atoms with Crippen LogP contribution in [-0.2, 0) is 13.1 Å². The monoisotopic (exact) mass is 289 g/mol. The molecular weight excluding hydrogens is 266 g/mol. The number of ether oxygens (including phenoxy) is 1. The van der Waals surface area contributed by atoms with E-state index in [2.05, 4.69) is 46.4 Å². The largest absolute Gasteiger partial charge is 0.492 e. The second-order valence-corrected chi connectivity index (χ2v) is 5.22. The summed E-state index contributed by atoms with van der Waals surface area (Å²) in [6.45, 7) is 7.24. The number of hydrogen-bond donors (Lipinski definition) is 0. The quantitative estimate of drug-likeness (QED) is 0.743. The lowest BCUT2D eigenvalue weighted by molar-refractivity contribution is 0.227. The highest BCUT2D eigenvalue weighted by molar-refractivity contribution is 5.26. The Kier molecular flexibility index (Phi) is 5.68. The van der Waals surface area contributed by atoms with Crippen molar-refractivity contribution in [1.82, 2.24) is 25.1 Å². The zero-order valence-corrected chi connectivity index (χ0v) is 13.0. The standard InChI is InChI=1S/C15H23N5O/c1-4-9-20-15(16-17-18-20)12-19(3)10-11-21-14-7-5-13(2)6-8-14/h5-8H,4,9-12H2,1-3H3. The number of rotatable bonds is 8. The number of benzene rings is 1. The Labute approximate surface area is 125 Å². The summed E-state index contributed by atoms with van der Waals surface area (Å²) in [6, 6.07) is 8.10. The maximum absolute atomic E-state index is 5.73. The third kappa shape index (κ3) is 4.82. The molecule has 0 aliphatic carbocycles. The fourth-order valence-electron chi connectivity index (χ4n) is 2.00. The Bertz CT molecular complexity index is 537. The van der Waals surface area contributed by atoms with Crippen LogP contribution < -0.4 is 4.74 Å². The summed E-state index contributed by atoms with van der Waals surface area (Å²) in [7, 11) is 2.05. The normalized spacial score (nSPS) is 11.0. The Morgan fingerprint density at radius 2 is 2.00 bits per heavy atom. The van der Waals surface area contributed by atoms with Crippen molar-refractivity contribution in [3.63, 3.8) is 0 Å². The van der Waals surface area contributed by atoms with Gasteiger partial charge in [-0.15, -0.1) is 5.10 Å². The average molecular weight is 289 g/mol. The number of aryl methyl sites for hydroxylation is 2. The molecule has 0 bridgehead atoms. The van der Waals surface area contributed by atoms with E-state index in [4.69, 9.17) is 4.74 Å². The van der Waals surface area contributed by atoms with Gasteiger partial charge >= 0.3 is 0 Å². The Balaban J connectivity index is 1.75. The Morgan fingerprint density at radius 3 is 2.71 bits per heavy atom. The lowest BCUT2D eigenvalue weighted by Gasteiger charge is -2.16. The first-order valence-corrected chi connectivity index (χ1v) is 7.32. The second kappa shape index (κ2) is 7.73. The van der Waals surface area contributed by atoms with Gasteiger partial charge in [-0.05, 0) is 43.0 Å². The lowest BCUT2D eigenvalue weighted by Crippen LogP contribution is -2.25. The Morgan fingerprint density at radius 1 is 1.24 bits per heavy atom. The van der Waals surface area contributed by atoms with Gasteiger partial charge in [0.05, 0.1) is 6.54 Å². The predicted molar refractivity (Wildman–Crippen MR) is 81.1 cm³/mol. The second-order valence-electron chi connectivity index (χ2n) is 5.22. The van der Waals surface area contributed by atoms with Crippen molar-refractivity contribution < 1.29 is 4.74 Å². The molecule has 0 amide bonds. The van der Waals surface area contributed by atoms with Crippen LogP contribution in [-0.4, -0.2) is 45.3 Å². The molecule has 21 heavy (non-hydrogen) atoms. The molecule has 0 unspecified atom stereocenters. The number of tetrazole rings is 1. The van der Waals surface area contributed by atoms with Gasteiger partial charge in [0.15, 0.2) is 5.82 Å². The number of aromatic nitrogens is 4. The van der Waals surface area contributed by atoms with Crippen LogP contribution in [0.25, 0.3) is 0 Å². The highest BCUT2D eigenvalue weighted by Crippen LogP contribution is 2.11. The highest BCUT2D eigenvalue weighted by atomic mass is 16.5. The zero-order valence-electron chi connectivity index (χ0n) is 13.0. The third-order valence-corrected chi connectivity index (χ3v) is 3.22. The van der Waals surface area contributed by atoms with Crippen molar-refractivity contribution in [1.29, 1.82) is 0 Å². The summed E-state index contributed by atoms with van der Waals surface area (Å²) in [5, 5.41) is 11.8. The molecule has 114 valence electrons. The van der Waals surface area contributed by atoms with Crippen molar-refractivity contribution >= 4 is 0 Å². The van der Waals surface area contributed by atoms with Crippen LogP contribution in [0.3, 0.4) is 0 Å². The molecule has 0 aliphatic heterocycles. The molecule has 6 heteroatoms. The van der Waals surface area contributed by atoms with E-state index in [-0.39, 0.29) is 0 Å². The van der Waals surface area contributed by atoms with Crippen molar-refractivity contribution in [2.24, 2.45) is 0 Å². The first kappa shape index (κ1) is 15.4. The first-order chi connectivity index (χ1) is 10.2. The summed E-state index contributed by atoms with van der Waals surface area (Å²) < 4.78 is 7.59. The molecule has 0 radical (unpaired) electrons. The third-order valence-electron chi connectivity index (χ3n) is 3.22. The minimum atomic E-state index is 0.648. The van der Waals surface area contributed by atoms with Gasteiger partial charge in [-0.2, -0.15) is 0 Å². The maximum Gasteiger partial charge on any atom is 0.165 e. The van der Waals surface area contributed by atoms with Gasteiger partial charge in [-0.3, -0.25) is 4.90 Å². The molecule has 1 aromatic carbocycles. The summed E-state index contributed by atoms with van der Waals surface area (Å²) >= 11 is 0. The van der Waals surface area contributed by atoms with Crippen LogP contribution in [0, 0.1) is 6.92 Å². The van der Waals surface area contributed by atoms with Crippen molar-refractivity contribution in [3.05, 3.63) is 35.7 Å². The van der Waals surface area contributed by atoms with Crippen molar-refractivity contribution in [3.8, 4) is 5.75 Å². The van der Waals surface area contributed by atoms with Crippen LogP contribution in [0.5, 0.6) is 5.75 Å². The van der Waals surface area contributed by atoms with Crippen molar-refractivity contribution in [2.45, 2.75) is 33.4 Å². The molecule has 0 spiro atoms. The van der Waals surface area contributed by atoms with E-state index < -0.39 is 0 Å². The van der Waals surface area contributed by atoms with E-state index in [0.29, 0.717) is 6.61 Å². The fourth-order valence-corrected chi connectivity index (χ4v) is 2.00. The van der Waals surface area contributed by atoms with Crippen molar-refractivity contribution in [2.75, 3.05) is 20.2 Å². The number of nitrogens with zero attached hydrogens (tertiary/aromatic N) is 5. The van der Waals surface area contributed by atoms with Gasteiger partial charge in [0.2, 0.25) is 0 Å². The summed E-state index contributed by atoms with van der Waals surface area (Å²) in [5.74, 6) is 1.81. The molecule has 0 N–H and O–H groups in total. The van der Waals surface area contributed by atoms with Gasteiger partial charge in [0.25, 0.3) is 0 Å². The topological polar surface area (TPSA) is 56.1 Å². The lowest BCUT2D eigenvalue weighted by atomic mass is 10.2. The van der Waals surface area contributed by atoms with Crippen LogP contribution in [0.2, 0.25) is 0 Å². The molecule has 0 fully saturated rings. The van der Waals surface area contributed by atoms with Crippen LogP contribution >= 0.6 is 0 Å². The van der Waals surface area contributed by atoms with E-state index in [1.54, 1.807) is 0 Å². The molecule has 1 aromatic heterocycles. The molecule has 2 rings (SSSR count). The zero-order chi connectivity index (χ0) is 15.1. The van der Waals surface area contributed by atoms with Gasteiger partial charge in [0.1, 0.15) is 12.4 Å². The summed E-state index contributed by atoms with van der Waals surface area (Å²) in [6.07, 6.45) is 1.03. The van der Waals surface area contributed by atoms with E-state index in [1.165, 1.54) is 5.56 Å². The van der Waals surface area contributed by atoms with E-state index in [0.717, 1.165) is 37.6 Å². The molecule has 0 saturated carbocycles. The maximum atomic E-state index is 5.73. The molecule has 2 aromatic rings. The van der Waals surface area contributed by atoms with Crippen LogP contribution in [0.15, 0.2) is 24.3 Å². The predicted octanol–water partition coefficient (Wildman–Crippen LogP) is 1.90. The molecule has 0 saturated heterocycles. The van der Waals surface area contributed by atoms with Gasteiger partial charge in [0, 0.05) is 13.1 Å². The molecule has 0 aliphatic rings.